The molecule has 3 aromatic heterocycles. The molecule has 0 saturated heterocycles. The van der Waals surface area contributed by atoms with Crippen molar-refractivity contribution in [2.24, 2.45) is 5.73 Å². The van der Waals surface area contributed by atoms with Crippen molar-refractivity contribution >= 4 is 17.2 Å². The van der Waals surface area contributed by atoms with E-state index in [-0.39, 0.29) is 0 Å². The van der Waals surface area contributed by atoms with E-state index in [0.717, 1.165) is 16.5 Å². The monoisotopic (exact) mass is 286 g/mol. The summed E-state index contributed by atoms with van der Waals surface area (Å²) in [6.07, 6.45) is 3.58. The van der Waals surface area contributed by atoms with E-state index in [2.05, 4.69) is 20.4 Å². The van der Waals surface area contributed by atoms with Gasteiger partial charge in [0.25, 0.3) is 0 Å². The molecule has 0 spiro atoms. The van der Waals surface area contributed by atoms with E-state index in [1.807, 2.05) is 35.8 Å². The Bertz CT molecular complexity index is 610. The van der Waals surface area contributed by atoms with Crippen LogP contribution in [-0.4, -0.2) is 32.8 Å². The van der Waals surface area contributed by atoms with Crippen molar-refractivity contribution < 1.29 is 0 Å². The maximum absolute atomic E-state index is 5.52. The topological polar surface area (TPSA) is 81.6 Å². The highest BCUT2D eigenvalue weighted by Gasteiger charge is 2.09. The van der Waals surface area contributed by atoms with Gasteiger partial charge in [0.15, 0.2) is 11.6 Å². The number of nitrogens with zero attached hydrogens (tertiary/aromatic N) is 4. The fourth-order valence-corrected chi connectivity index (χ4v) is 2.42. The summed E-state index contributed by atoms with van der Waals surface area (Å²) in [4.78, 5) is 10.1. The van der Waals surface area contributed by atoms with Crippen LogP contribution in [-0.2, 0) is 0 Å². The molecule has 0 unspecified atom stereocenters. The van der Waals surface area contributed by atoms with Crippen LogP contribution in [0.4, 0.5) is 5.82 Å². The smallest absolute Gasteiger partial charge is 0.173 e. The molecule has 3 heterocycles. The van der Waals surface area contributed by atoms with Crippen molar-refractivity contribution in [3.8, 4) is 16.5 Å². The zero-order chi connectivity index (χ0) is 13.8. The number of nitrogens with one attached hydrogen (secondary N) is 1. The third-order valence-corrected chi connectivity index (χ3v) is 3.51. The first-order chi connectivity index (χ1) is 9.86. The Morgan fingerprint density at radius 1 is 1.30 bits per heavy atom. The maximum atomic E-state index is 5.52. The predicted octanol–water partition coefficient (Wildman–Crippen LogP) is 1.76. The van der Waals surface area contributed by atoms with Crippen LogP contribution in [0.2, 0.25) is 0 Å². The number of hydrogen-bond donors (Lipinski definition) is 2. The SMILES string of the molecule is NCCNc1cc(-n2cccn2)nc(-c2cccs2)n1. The van der Waals surface area contributed by atoms with Crippen molar-refractivity contribution in [2.45, 2.75) is 0 Å². The molecule has 3 aromatic rings. The predicted molar refractivity (Wildman–Crippen MR) is 80.0 cm³/mol. The molecule has 0 aliphatic rings. The number of thiophene rings is 1. The lowest BCUT2D eigenvalue weighted by Gasteiger charge is -2.08. The zero-order valence-electron chi connectivity index (χ0n) is 10.7. The van der Waals surface area contributed by atoms with Crippen molar-refractivity contribution in [1.29, 1.82) is 0 Å². The van der Waals surface area contributed by atoms with Gasteiger partial charge in [-0.3, -0.25) is 0 Å². The molecular formula is C13H14N6S. The number of aromatic nitrogens is 4. The van der Waals surface area contributed by atoms with Crippen LogP contribution in [0.15, 0.2) is 42.0 Å². The van der Waals surface area contributed by atoms with Crippen LogP contribution in [0.1, 0.15) is 0 Å². The van der Waals surface area contributed by atoms with Gasteiger partial charge in [-0.15, -0.1) is 11.3 Å². The molecule has 3 N–H and O–H groups in total. The molecular weight excluding hydrogens is 272 g/mol. The van der Waals surface area contributed by atoms with Gasteiger partial charge < -0.3 is 11.1 Å². The molecule has 0 saturated carbocycles. The van der Waals surface area contributed by atoms with Gasteiger partial charge in [0.1, 0.15) is 5.82 Å². The summed E-state index contributed by atoms with van der Waals surface area (Å²) in [6.45, 7) is 1.22. The van der Waals surface area contributed by atoms with Crippen LogP contribution in [0, 0.1) is 0 Å². The van der Waals surface area contributed by atoms with E-state index in [1.165, 1.54) is 0 Å². The summed E-state index contributed by atoms with van der Waals surface area (Å²) in [5.41, 5.74) is 5.52. The van der Waals surface area contributed by atoms with Gasteiger partial charge in [0, 0.05) is 31.5 Å². The van der Waals surface area contributed by atoms with E-state index in [4.69, 9.17) is 5.73 Å². The minimum atomic E-state index is 0.551. The minimum absolute atomic E-state index is 0.551. The molecule has 7 heteroatoms. The van der Waals surface area contributed by atoms with Gasteiger partial charge in [-0.1, -0.05) is 6.07 Å². The molecule has 102 valence electrons. The highest BCUT2D eigenvalue weighted by atomic mass is 32.1. The van der Waals surface area contributed by atoms with Gasteiger partial charge in [-0.05, 0) is 17.5 Å². The molecule has 6 nitrogen and oxygen atoms in total. The first kappa shape index (κ1) is 12.8. The van der Waals surface area contributed by atoms with Crippen molar-refractivity contribution in [1.82, 2.24) is 19.7 Å². The number of hydrogen-bond acceptors (Lipinski definition) is 6. The quantitative estimate of drug-likeness (QED) is 0.747. The molecule has 0 atom stereocenters. The Balaban J connectivity index is 2.03. The van der Waals surface area contributed by atoms with Gasteiger partial charge in [0.2, 0.25) is 0 Å². The van der Waals surface area contributed by atoms with Crippen LogP contribution in [0.3, 0.4) is 0 Å². The molecule has 0 aromatic carbocycles. The molecule has 0 bridgehead atoms. The summed E-state index contributed by atoms with van der Waals surface area (Å²) < 4.78 is 1.71. The number of rotatable bonds is 5. The Labute approximate surface area is 120 Å². The van der Waals surface area contributed by atoms with Crippen molar-refractivity contribution in [3.63, 3.8) is 0 Å². The first-order valence-corrected chi connectivity index (χ1v) is 7.12. The fourth-order valence-electron chi connectivity index (χ4n) is 1.76. The van der Waals surface area contributed by atoms with E-state index < -0.39 is 0 Å². The maximum Gasteiger partial charge on any atom is 0.173 e. The first-order valence-electron chi connectivity index (χ1n) is 6.24. The highest BCUT2D eigenvalue weighted by Crippen LogP contribution is 2.23. The van der Waals surface area contributed by atoms with E-state index >= 15 is 0 Å². The normalized spacial score (nSPS) is 10.7. The average Bonchev–Trinajstić information content (AvgIpc) is 3.17. The van der Waals surface area contributed by atoms with Gasteiger partial charge in [0.05, 0.1) is 4.88 Å². The number of anilines is 1. The zero-order valence-corrected chi connectivity index (χ0v) is 11.5. The van der Waals surface area contributed by atoms with E-state index in [0.29, 0.717) is 18.9 Å². The second-order valence-corrected chi connectivity index (χ2v) is 5.03. The Morgan fingerprint density at radius 2 is 2.25 bits per heavy atom. The lowest BCUT2D eigenvalue weighted by molar-refractivity contribution is 0.841. The van der Waals surface area contributed by atoms with Crippen LogP contribution in [0.25, 0.3) is 16.5 Å². The van der Waals surface area contributed by atoms with Gasteiger partial charge in [-0.25, -0.2) is 14.6 Å². The van der Waals surface area contributed by atoms with E-state index in [1.54, 1.807) is 22.2 Å². The van der Waals surface area contributed by atoms with Crippen LogP contribution < -0.4 is 11.1 Å². The molecule has 0 amide bonds. The fraction of sp³-hybridized carbons (Fsp3) is 0.154. The highest BCUT2D eigenvalue weighted by molar-refractivity contribution is 7.13. The minimum Gasteiger partial charge on any atom is -0.369 e. The summed E-state index contributed by atoms with van der Waals surface area (Å²) in [7, 11) is 0. The second-order valence-electron chi connectivity index (χ2n) is 4.08. The Kier molecular flexibility index (Phi) is 3.71. The number of nitrogens with two attached hydrogens (primary N) is 1. The van der Waals surface area contributed by atoms with Gasteiger partial charge >= 0.3 is 0 Å². The Hall–Kier alpha value is -2.25. The molecule has 20 heavy (non-hydrogen) atoms. The average molecular weight is 286 g/mol. The largest absolute Gasteiger partial charge is 0.369 e. The van der Waals surface area contributed by atoms with Crippen molar-refractivity contribution in [3.05, 3.63) is 42.0 Å². The molecule has 0 aliphatic heterocycles. The molecule has 0 fully saturated rings. The summed E-state index contributed by atoms with van der Waals surface area (Å²) in [5.74, 6) is 2.17. The molecule has 0 radical (unpaired) electrons. The van der Waals surface area contributed by atoms with Crippen LogP contribution >= 0.6 is 11.3 Å². The summed E-state index contributed by atoms with van der Waals surface area (Å²) in [6, 6.07) is 7.70. The van der Waals surface area contributed by atoms with Gasteiger partial charge in [-0.2, -0.15) is 5.10 Å². The Morgan fingerprint density at radius 3 is 2.95 bits per heavy atom. The summed E-state index contributed by atoms with van der Waals surface area (Å²) >= 11 is 1.61. The molecule has 0 aliphatic carbocycles. The standard InChI is InChI=1S/C13H14N6S/c14-4-6-15-11-9-12(19-7-2-5-16-19)18-13(17-11)10-3-1-8-20-10/h1-3,5,7-9H,4,6,14H2,(H,15,17,18). The lowest BCUT2D eigenvalue weighted by Crippen LogP contribution is -2.15. The second kappa shape index (κ2) is 5.81. The third kappa shape index (κ3) is 2.68. The van der Waals surface area contributed by atoms with Crippen LogP contribution in [0.5, 0.6) is 0 Å². The lowest BCUT2D eigenvalue weighted by atomic mass is 10.4. The van der Waals surface area contributed by atoms with E-state index in [9.17, 15) is 0 Å². The van der Waals surface area contributed by atoms with Crippen molar-refractivity contribution in [2.75, 3.05) is 18.4 Å². The molecule has 3 rings (SSSR count). The third-order valence-electron chi connectivity index (χ3n) is 2.64. The summed E-state index contributed by atoms with van der Waals surface area (Å²) in [5, 5.41) is 9.40.